The zero-order valence-electron chi connectivity index (χ0n) is 11.4. The fraction of sp³-hybridized carbons (Fsp3) is 0.571. The molecule has 1 aromatic rings. The Morgan fingerprint density at radius 2 is 1.84 bits per heavy atom. The van der Waals surface area contributed by atoms with Crippen molar-refractivity contribution in [1.82, 2.24) is 5.32 Å². The maximum absolute atomic E-state index is 13.3. The molecule has 1 N–H and O–H groups in total. The highest BCUT2D eigenvalue weighted by Crippen LogP contribution is 2.09. The first-order valence-corrected chi connectivity index (χ1v) is 6.55. The molecule has 0 aliphatic heterocycles. The minimum absolute atomic E-state index is 0.236. The van der Waals surface area contributed by atoms with Crippen molar-refractivity contribution in [2.24, 2.45) is 0 Å². The van der Waals surface area contributed by atoms with Crippen LogP contribution in [0.15, 0.2) is 18.2 Å². The largest absolute Gasteiger partial charge is 0.353 e. The van der Waals surface area contributed by atoms with Gasteiger partial charge in [-0.3, -0.25) is 0 Å². The van der Waals surface area contributed by atoms with Crippen LogP contribution < -0.4 is 5.32 Å². The van der Waals surface area contributed by atoms with Crippen molar-refractivity contribution in [3.8, 4) is 0 Å². The molecule has 0 radical (unpaired) electrons. The van der Waals surface area contributed by atoms with Gasteiger partial charge in [-0.25, -0.2) is 8.78 Å². The molecule has 0 saturated carbocycles. The number of benzene rings is 1. The lowest BCUT2D eigenvalue weighted by Crippen LogP contribution is -2.24. The summed E-state index contributed by atoms with van der Waals surface area (Å²) in [6.07, 6.45) is 0.449. The SMILES string of the molecule is CCOC(CCNCc1ccc(F)cc1F)OCC. The second kappa shape index (κ2) is 8.96. The van der Waals surface area contributed by atoms with Gasteiger partial charge in [0.15, 0.2) is 6.29 Å². The van der Waals surface area contributed by atoms with Crippen molar-refractivity contribution in [3.05, 3.63) is 35.4 Å². The minimum atomic E-state index is -0.561. The second-order valence-electron chi connectivity index (χ2n) is 4.04. The van der Waals surface area contributed by atoms with Crippen molar-refractivity contribution < 1.29 is 18.3 Å². The van der Waals surface area contributed by atoms with Gasteiger partial charge in [0.25, 0.3) is 0 Å². The molecular formula is C14H21F2NO2. The molecule has 5 heteroatoms. The molecule has 1 rings (SSSR count). The van der Waals surface area contributed by atoms with Crippen molar-refractivity contribution in [1.29, 1.82) is 0 Å². The van der Waals surface area contributed by atoms with E-state index in [9.17, 15) is 8.78 Å². The molecule has 0 spiro atoms. The lowest BCUT2D eigenvalue weighted by atomic mass is 10.2. The topological polar surface area (TPSA) is 30.5 Å². The molecule has 108 valence electrons. The van der Waals surface area contributed by atoms with E-state index in [4.69, 9.17) is 9.47 Å². The van der Waals surface area contributed by atoms with Crippen molar-refractivity contribution in [2.45, 2.75) is 33.1 Å². The van der Waals surface area contributed by atoms with Gasteiger partial charge in [0.1, 0.15) is 11.6 Å². The van der Waals surface area contributed by atoms with Crippen LogP contribution in [-0.2, 0) is 16.0 Å². The Morgan fingerprint density at radius 3 is 2.42 bits per heavy atom. The number of halogens is 2. The molecule has 1 aromatic carbocycles. The molecule has 0 amide bonds. The average Bonchev–Trinajstić information content (AvgIpc) is 2.37. The Labute approximate surface area is 112 Å². The molecule has 0 aromatic heterocycles. The first-order valence-electron chi connectivity index (χ1n) is 6.55. The highest BCUT2D eigenvalue weighted by Gasteiger charge is 2.08. The summed E-state index contributed by atoms with van der Waals surface area (Å²) in [7, 11) is 0. The Balaban J connectivity index is 2.29. The van der Waals surface area contributed by atoms with E-state index in [-0.39, 0.29) is 6.29 Å². The molecule has 0 saturated heterocycles. The van der Waals surface area contributed by atoms with E-state index < -0.39 is 11.6 Å². The Morgan fingerprint density at radius 1 is 1.16 bits per heavy atom. The van der Waals surface area contributed by atoms with E-state index in [1.807, 2.05) is 13.8 Å². The summed E-state index contributed by atoms with van der Waals surface area (Å²) in [6.45, 7) is 6.01. The standard InChI is InChI=1S/C14H21F2NO2/c1-3-18-14(19-4-2)7-8-17-10-11-5-6-12(15)9-13(11)16/h5-6,9,14,17H,3-4,7-8,10H2,1-2H3. The number of hydrogen-bond donors (Lipinski definition) is 1. The van der Waals surface area contributed by atoms with Gasteiger partial charge in [-0.15, -0.1) is 0 Å². The van der Waals surface area contributed by atoms with Crippen LogP contribution in [0.5, 0.6) is 0 Å². The summed E-state index contributed by atoms with van der Waals surface area (Å²) in [4.78, 5) is 0. The van der Waals surface area contributed by atoms with Gasteiger partial charge in [0.05, 0.1) is 0 Å². The third kappa shape index (κ3) is 6.09. The van der Waals surface area contributed by atoms with Crippen LogP contribution in [0.1, 0.15) is 25.8 Å². The molecule has 0 heterocycles. The molecule has 0 bridgehead atoms. The molecule has 0 unspecified atom stereocenters. The summed E-state index contributed by atoms with van der Waals surface area (Å²) >= 11 is 0. The zero-order valence-corrected chi connectivity index (χ0v) is 11.4. The lowest BCUT2D eigenvalue weighted by Gasteiger charge is -2.17. The van der Waals surface area contributed by atoms with Gasteiger partial charge >= 0.3 is 0 Å². The third-order valence-corrected chi connectivity index (χ3v) is 2.59. The maximum atomic E-state index is 13.3. The molecule has 0 atom stereocenters. The molecule has 19 heavy (non-hydrogen) atoms. The van der Waals surface area contributed by atoms with Gasteiger partial charge in [0.2, 0.25) is 0 Å². The Hall–Kier alpha value is -1.04. The van der Waals surface area contributed by atoms with Gasteiger partial charge in [-0.2, -0.15) is 0 Å². The molecule has 0 aliphatic carbocycles. The first-order chi connectivity index (χ1) is 9.17. The van der Waals surface area contributed by atoms with Crippen LogP contribution in [0.4, 0.5) is 8.78 Å². The normalized spacial score (nSPS) is 11.2. The summed E-state index contributed by atoms with van der Waals surface area (Å²) in [5, 5.41) is 3.09. The van der Waals surface area contributed by atoms with E-state index in [2.05, 4.69) is 5.32 Å². The van der Waals surface area contributed by atoms with Crippen LogP contribution in [0.2, 0.25) is 0 Å². The number of nitrogens with one attached hydrogen (secondary N) is 1. The first kappa shape index (κ1) is 16.0. The van der Waals surface area contributed by atoms with E-state index in [0.717, 1.165) is 6.07 Å². The maximum Gasteiger partial charge on any atom is 0.158 e. The van der Waals surface area contributed by atoms with Crippen molar-refractivity contribution in [2.75, 3.05) is 19.8 Å². The average molecular weight is 273 g/mol. The number of ether oxygens (including phenoxy) is 2. The smallest absolute Gasteiger partial charge is 0.158 e. The van der Waals surface area contributed by atoms with Gasteiger partial charge < -0.3 is 14.8 Å². The fourth-order valence-electron chi connectivity index (χ4n) is 1.69. The lowest BCUT2D eigenvalue weighted by molar-refractivity contribution is -0.138. The zero-order chi connectivity index (χ0) is 14.1. The van der Waals surface area contributed by atoms with Crippen LogP contribution in [0.3, 0.4) is 0 Å². The van der Waals surface area contributed by atoms with Crippen LogP contribution in [0.25, 0.3) is 0 Å². The Kier molecular flexibility index (Phi) is 7.55. The van der Waals surface area contributed by atoms with Crippen LogP contribution >= 0.6 is 0 Å². The number of hydrogen-bond acceptors (Lipinski definition) is 3. The minimum Gasteiger partial charge on any atom is -0.353 e. The fourth-order valence-corrected chi connectivity index (χ4v) is 1.69. The van der Waals surface area contributed by atoms with Crippen LogP contribution in [-0.4, -0.2) is 26.0 Å². The van der Waals surface area contributed by atoms with Crippen molar-refractivity contribution in [3.63, 3.8) is 0 Å². The summed E-state index contributed by atoms with van der Waals surface area (Å²) in [5.41, 5.74) is 0.450. The van der Waals surface area contributed by atoms with E-state index in [0.29, 0.717) is 38.3 Å². The molecule has 3 nitrogen and oxygen atoms in total. The van der Waals surface area contributed by atoms with E-state index in [1.165, 1.54) is 12.1 Å². The predicted octanol–water partition coefficient (Wildman–Crippen LogP) is 2.84. The third-order valence-electron chi connectivity index (χ3n) is 2.59. The van der Waals surface area contributed by atoms with Gasteiger partial charge in [-0.1, -0.05) is 6.07 Å². The summed E-state index contributed by atoms with van der Waals surface area (Å²) in [5.74, 6) is -1.09. The van der Waals surface area contributed by atoms with Crippen molar-refractivity contribution >= 4 is 0 Å². The van der Waals surface area contributed by atoms with E-state index in [1.54, 1.807) is 0 Å². The predicted molar refractivity (Wildman–Crippen MR) is 69.7 cm³/mol. The van der Waals surface area contributed by atoms with E-state index >= 15 is 0 Å². The summed E-state index contributed by atoms with van der Waals surface area (Å²) in [6, 6.07) is 3.59. The Bertz CT molecular complexity index is 368. The van der Waals surface area contributed by atoms with Gasteiger partial charge in [0, 0.05) is 44.4 Å². The second-order valence-corrected chi connectivity index (χ2v) is 4.04. The molecule has 0 fully saturated rings. The number of rotatable bonds is 9. The highest BCUT2D eigenvalue weighted by atomic mass is 19.1. The van der Waals surface area contributed by atoms with Crippen LogP contribution in [0, 0.1) is 11.6 Å². The quantitative estimate of drug-likeness (QED) is 0.554. The highest BCUT2D eigenvalue weighted by molar-refractivity contribution is 5.18. The monoisotopic (exact) mass is 273 g/mol. The molecule has 0 aliphatic rings. The van der Waals surface area contributed by atoms with Gasteiger partial charge in [-0.05, 0) is 19.9 Å². The molecular weight excluding hydrogens is 252 g/mol. The summed E-state index contributed by atoms with van der Waals surface area (Å²) < 4.78 is 36.8.